The van der Waals surface area contributed by atoms with Gasteiger partial charge in [0.1, 0.15) is 0 Å². The summed E-state index contributed by atoms with van der Waals surface area (Å²) < 4.78 is 0. The summed E-state index contributed by atoms with van der Waals surface area (Å²) in [5, 5.41) is 0. The predicted octanol–water partition coefficient (Wildman–Crippen LogP) is -0.240. The van der Waals surface area contributed by atoms with Crippen LogP contribution in [-0.4, -0.2) is 0 Å². The smallest absolute Gasteiger partial charge is 2.00 e. The zero-order chi connectivity index (χ0) is 0. The molecule has 0 aliphatic heterocycles. The Balaban J connectivity index is 0. The minimum absolute atomic E-state index is 0. The quantitative estimate of drug-likeness (QED) is 0.506. The Labute approximate surface area is 73.2 Å². The third-order valence-corrected chi connectivity index (χ3v) is 0. The average molecular weight is 220 g/mol. The van der Waals surface area contributed by atoms with E-state index < -0.39 is 0 Å². The molecule has 0 amide bonds. The summed E-state index contributed by atoms with van der Waals surface area (Å²) in [6.45, 7) is 0. The fraction of sp³-hybridized carbons (Fsp3) is 0. The molecule has 0 heterocycles. The molecule has 0 unspecified atom stereocenters. The maximum Gasteiger partial charge on any atom is 4.00 e. The zero-order valence-corrected chi connectivity index (χ0v) is 6.52. The van der Waals surface area contributed by atoms with Crippen molar-refractivity contribution in [3.63, 3.8) is 0 Å². The topological polar surface area (TPSA) is 57.0 Å². The SMILES string of the molecule is [Ce+3].[O-2].[O-2].[Ti+4]. The molecule has 0 aromatic rings. The van der Waals surface area contributed by atoms with Crippen LogP contribution >= 0.6 is 0 Å². The monoisotopic (exact) mass is 220 g/mol. The fourth-order valence-corrected chi connectivity index (χ4v) is 0. The van der Waals surface area contributed by atoms with Crippen LogP contribution in [0.2, 0.25) is 0 Å². The second kappa shape index (κ2) is 19.9. The van der Waals surface area contributed by atoms with Gasteiger partial charge in [0.25, 0.3) is 0 Å². The van der Waals surface area contributed by atoms with E-state index in [0.717, 1.165) is 0 Å². The van der Waals surface area contributed by atoms with Crippen molar-refractivity contribution in [3.05, 3.63) is 0 Å². The van der Waals surface area contributed by atoms with E-state index in [9.17, 15) is 0 Å². The first kappa shape index (κ1) is 37.3. The molecule has 0 aromatic carbocycles. The van der Waals surface area contributed by atoms with Crippen LogP contribution in [0.25, 0.3) is 0 Å². The van der Waals surface area contributed by atoms with E-state index in [1.807, 2.05) is 0 Å². The Hall–Kier alpha value is 2.01. The van der Waals surface area contributed by atoms with E-state index in [2.05, 4.69) is 0 Å². The van der Waals surface area contributed by atoms with Crippen LogP contribution in [0.1, 0.15) is 0 Å². The van der Waals surface area contributed by atoms with Crippen LogP contribution in [-0.2, 0) is 32.7 Å². The molecular weight excluding hydrogens is 220 g/mol. The van der Waals surface area contributed by atoms with Crippen LogP contribution in [0.3, 0.4) is 0 Å². The van der Waals surface area contributed by atoms with Crippen LogP contribution in [0.4, 0.5) is 0 Å². The third-order valence-electron chi connectivity index (χ3n) is 0. The van der Waals surface area contributed by atoms with E-state index in [4.69, 9.17) is 0 Å². The Kier molecular flexibility index (Phi) is 186. The van der Waals surface area contributed by atoms with Gasteiger partial charge in [-0.1, -0.05) is 0 Å². The van der Waals surface area contributed by atoms with Gasteiger partial charge in [0.05, 0.1) is 0 Å². The Morgan fingerprint density at radius 3 is 0.750 bits per heavy atom. The van der Waals surface area contributed by atoms with E-state index >= 15 is 0 Å². The van der Waals surface area contributed by atoms with Gasteiger partial charge in [0.2, 0.25) is 0 Å². The summed E-state index contributed by atoms with van der Waals surface area (Å²) in [6.07, 6.45) is 0. The summed E-state index contributed by atoms with van der Waals surface area (Å²) >= 11 is 0. The molecule has 0 bridgehead atoms. The van der Waals surface area contributed by atoms with Gasteiger partial charge in [-0.05, 0) is 0 Å². The van der Waals surface area contributed by atoms with Gasteiger partial charge < -0.3 is 11.0 Å². The predicted molar refractivity (Wildman–Crippen MR) is 1.37 cm³/mol. The van der Waals surface area contributed by atoms with Crippen LogP contribution in [0.15, 0.2) is 0 Å². The summed E-state index contributed by atoms with van der Waals surface area (Å²) in [7, 11) is 0. The minimum Gasteiger partial charge on any atom is -2.00 e. The molecule has 0 saturated carbocycles. The first-order valence-electron chi connectivity index (χ1n) is 0. The summed E-state index contributed by atoms with van der Waals surface area (Å²) in [6, 6.07) is 0. The number of rotatable bonds is 0. The van der Waals surface area contributed by atoms with Crippen LogP contribution in [0, 0.1) is 41.7 Å². The molecule has 2 nitrogen and oxygen atoms in total. The molecule has 17 valence electrons. The van der Waals surface area contributed by atoms with E-state index in [0.29, 0.717) is 0 Å². The number of hydrogen-bond donors (Lipinski definition) is 0. The molecular formula is CeO2Ti+3. The molecule has 4 heavy (non-hydrogen) atoms. The van der Waals surface area contributed by atoms with Crippen molar-refractivity contribution in [2.45, 2.75) is 0 Å². The van der Waals surface area contributed by atoms with Crippen molar-refractivity contribution in [2.75, 3.05) is 0 Å². The molecule has 0 atom stereocenters. The molecule has 0 rings (SSSR count). The molecule has 0 aliphatic rings. The largest absolute Gasteiger partial charge is 4.00 e. The molecule has 0 aromatic heterocycles. The van der Waals surface area contributed by atoms with Crippen molar-refractivity contribution < 1.29 is 74.4 Å². The Morgan fingerprint density at radius 2 is 0.750 bits per heavy atom. The summed E-state index contributed by atoms with van der Waals surface area (Å²) in [4.78, 5) is 0. The van der Waals surface area contributed by atoms with Gasteiger partial charge in [0.15, 0.2) is 0 Å². The van der Waals surface area contributed by atoms with Crippen molar-refractivity contribution >= 4 is 0 Å². The van der Waals surface area contributed by atoms with Gasteiger partial charge in [-0.15, -0.1) is 0 Å². The first-order chi connectivity index (χ1) is 0. The molecule has 0 N–H and O–H groups in total. The van der Waals surface area contributed by atoms with E-state index in [1.165, 1.54) is 0 Å². The molecule has 0 aliphatic carbocycles. The van der Waals surface area contributed by atoms with Crippen molar-refractivity contribution in [1.82, 2.24) is 0 Å². The first-order valence-corrected chi connectivity index (χ1v) is 0. The van der Waals surface area contributed by atoms with E-state index in [-0.39, 0.29) is 74.4 Å². The molecule has 4 heteroatoms. The van der Waals surface area contributed by atoms with Crippen LogP contribution in [0.5, 0.6) is 0 Å². The standard InChI is InChI=1S/Ce.2O.Ti/q+3;2*-2;+4. The van der Waals surface area contributed by atoms with Crippen molar-refractivity contribution in [3.8, 4) is 0 Å². The second-order valence-electron chi connectivity index (χ2n) is 0. The second-order valence-corrected chi connectivity index (χ2v) is 0. The van der Waals surface area contributed by atoms with Gasteiger partial charge >= 0.3 is 63.5 Å². The zero-order valence-electron chi connectivity index (χ0n) is 1.82. The van der Waals surface area contributed by atoms with Gasteiger partial charge in [-0.3, -0.25) is 0 Å². The molecule has 1 radical (unpaired) electrons. The number of hydrogen-bond acceptors (Lipinski definition) is 0. The summed E-state index contributed by atoms with van der Waals surface area (Å²) in [5.41, 5.74) is 0. The van der Waals surface area contributed by atoms with Gasteiger partial charge in [-0.2, -0.15) is 0 Å². The van der Waals surface area contributed by atoms with Crippen molar-refractivity contribution in [2.24, 2.45) is 0 Å². The molecule has 0 fully saturated rings. The Bertz CT molecular complexity index is 6.00. The minimum atomic E-state index is 0. The molecule has 0 saturated heterocycles. The normalized spacial score (nSPS) is 0. The van der Waals surface area contributed by atoms with Gasteiger partial charge in [-0.25, -0.2) is 0 Å². The maximum absolute atomic E-state index is 0. The van der Waals surface area contributed by atoms with Crippen molar-refractivity contribution in [1.29, 1.82) is 0 Å². The fourth-order valence-electron chi connectivity index (χ4n) is 0. The van der Waals surface area contributed by atoms with Crippen LogP contribution < -0.4 is 0 Å². The maximum atomic E-state index is 0. The van der Waals surface area contributed by atoms with E-state index in [1.54, 1.807) is 0 Å². The Morgan fingerprint density at radius 1 is 0.750 bits per heavy atom. The van der Waals surface area contributed by atoms with Gasteiger partial charge in [0, 0.05) is 0 Å². The average Bonchev–Trinajstić information content (AvgIpc) is 0. The summed E-state index contributed by atoms with van der Waals surface area (Å²) in [5.74, 6) is 0. The third kappa shape index (κ3) is 8.99. The molecule has 0 spiro atoms.